The highest BCUT2D eigenvalue weighted by molar-refractivity contribution is 6.30. The molecule has 2 amide bonds. The van der Waals surface area contributed by atoms with E-state index in [2.05, 4.69) is 9.64 Å². The zero-order chi connectivity index (χ0) is 27.5. The highest BCUT2D eigenvalue weighted by Crippen LogP contribution is 2.36. The van der Waals surface area contributed by atoms with E-state index in [1.807, 2.05) is 17.0 Å². The molecule has 14 heteroatoms. The van der Waals surface area contributed by atoms with E-state index >= 15 is 0 Å². The van der Waals surface area contributed by atoms with Gasteiger partial charge in [0.2, 0.25) is 5.91 Å². The Labute approximate surface area is 215 Å². The molecule has 0 N–H and O–H groups in total. The molecule has 3 rings (SSSR count). The van der Waals surface area contributed by atoms with Crippen LogP contribution in [0.1, 0.15) is 18.4 Å². The predicted molar refractivity (Wildman–Crippen MR) is 124 cm³/mol. The number of benzene rings is 1. The van der Waals surface area contributed by atoms with Crippen molar-refractivity contribution in [1.29, 1.82) is 0 Å². The lowest BCUT2D eigenvalue weighted by Gasteiger charge is -2.37. The summed E-state index contributed by atoms with van der Waals surface area (Å²) in [5.41, 5.74) is 1.84. The molecule has 0 bridgehead atoms. The normalized spacial score (nSPS) is 18.3. The molecule has 0 saturated carbocycles. The van der Waals surface area contributed by atoms with E-state index in [-0.39, 0.29) is 38.0 Å². The second-order valence-electron chi connectivity index (χ2n) is 9.38. The maximum atomic E-state index is 12.7. The van der Waals surface area contributed by atoms with Crippen LogP contribution in [0.25, 0.3) is 0 Å². The van der Waals surface area contributed by atoms with Gasteiger partial charge in [0.15, 0.2) is 0 Å². The molecule has 2 saturated heterocycles. The number of rotatable bonds is 5. The molecule has 2 aliphatic heterocycles. The number of halogens is 7. The molecule has 1 aromatic carbocycles. The monoisotopic (exact) mass is 558 g/mol. The molecule has 0 spiro atoms. The summed E-state index contributed by atoms with van der Waals surface area (Å²) in [4.78, 5) is 30.8. The number of piperazine rings is 1. The maximum absolute atomic E-state index is 12.7. The summed E-state index contributed by atoms with van der Waals surface area (Å²) in [6.07, 6.45) is -15.9. The summed E-state index contributed by atoms with van der Waals surface area (Å²) in [6.45, 7) is 2.08. The second-order valence-corrected chi connectivity index (χ2v) is 9.81. The van der Waals surface area contributed by atoms with Crippen molar-refractivity contribution in [3.05, 3.63) is 28.8 Å². The lowest BCUT2D eigenvalue weighted by molar-refractivity contribution is -0.308. The van der Waals surface area contributed by atoms with Gasteiger partial charge in [-0.15, -0.1) is 0 Å². The second kappa shape index (κ2) is 11.5. The number of carbonyl (C=O) groups is 2. The molecule has 0 radical (unpaired) electrons. The smallest absolute Gasteiger partial charge is 0.426 e. The van der Waals surface area contributed by atoms with Crippen molar-refractivity contribution in [2.45, 2.75) is 37.8 Å². The number of hydrogen-bond donors (Lipinski definition) is 0. The number of ether oxygens (including phenoxy) is 1. The summed E-state index contributed by atoms with van der Waals surface area (Å²) >= 11 is 6.24. The fourth-order valence-corrected chi connectivity index (χ4v) is 4.69. The van der Waals surface area contributed by atoms with E-state index in [0.717, 1.165) is 16.2 Å². The van der Waals surface area contributed by atoms with Crippen LogP contribution in [-0.2, 0) is 16.1 Å². The number of anilines is 1. The summed E-state index contributed by atoms with van der Waals surface area (Å²) in [5.74, 6) is 0.0511. The van der Waals surface area contributed by atoms with Crippen molar-refractivity contribution in [3.63, 3.8) is 0 Å². The Hall–Kier alpha value is -2.41. The molecule has 1 aromatic rings. The zero-order valence-electron chi connectivity index (χ0n) is 20.4. The van der Waals surface area contributed by atoms with Gasteiger partial charge in [-0.25, -0.2) is 4.79 Å². The van der Waals surface area contributed by atoms with Gasteiger partial charge < -0.3 is 19.4 Å². The molecule has 0 unspecified atom stereocenters. The van der Waals surface area contributed by atoms with E-state index in [4.69, 9.17) is 11.6 Å². The molecule has 2 aliphatic rings. The minimum Gasteiger partial charge on any atom is -0.426 e. The Morgan fingerprint density at radius 1 is 1.00 bits per heavy atom. The Balaban J connectivity index is 1.59. The SMILES string of the molecule is CN(C)C(=O)C1CCN(c2cc(Cl)ccc2CN2CCN(C(=O)OC(C(F)(F)F)C(F)(F)F)CC2)CC1. The minimum absolute atomic E-state index is 0.0454. The number of piperidine rings is 1. The van der Waals surface area contributed by atoms with Gasteiger partial charge in [0.05, 0.1) is 0 Å². The van der Waals surface area contributed by atoms with E-state index < -0.39 is 24.5 Å². The number of nitrogens with zero attached hydrogens (tertiary/aromatic N) is 4. The topological polar surface area (TPSA) is 56.3 Å². The molecule has 0 aliphatic carbocycles. The van der Waals surface area contributed by atoms with Crippen LogP contribution < -0.4 is 4.90 Å². The fraction of sp³-hybridized carbons (Fsp3) is 0.652. The van der Waals surface area contributed by atoms with E-state index in [1.165, 1.54) is 0 Å². The molecule has 37 heavy (non-hydrogen) atoms. The van der Waals surface area contributed by atoms with Crippen molar-refractivity contribution in [2.75, 3.05) is 58.3 Å². The summed E-state index contributed by atoms with van der Waals surface area (Å²) in [7, 11) is 3.46. The van der Waals surface area contributed by atoms with Gasteiger partial charge in [-0.1, -0.05) is 17.7 Å². The molecule has 2 heterocycles. The van der Waals surface area contributed by atoms with Gasteiger partial charge >= 0.3 is 18.4 Å². The first-order valence-corrected chi connectivity index (χ1v) is 12.1. The van der Waals surface area contributed by atoms with Crippen LogP contribution in [-0.4, -0.2) is 98.5 Å². The Morgan fingerprint density at radius 3 is 2.08 bits per heavy atom. The first kappa shape index (κ1) is 29.2. The van der Waals surface area contributed by atoms with Crippen molar-refractivity contribution in [1.82, 2.24) is 14.7 Å². The number of amides is 2. The molecular weight excluding hydrogens is 530 g/mol. The van der Waals surface area contributed by atoms with Crippen LogP contribution in [0.2, 0.25) is 5.02 Å². The molecule has 2 fully saturated rings. The van der Waals surface area contributed by atoms with Crippen LogP contribution in [0.15, 0.2) is 18.2 Å². The summed E-state index contributed by atoms with van der Waals surface area (Å²) < 4.78 is 80.0. The van der Waals surface area contributed by atoms with Gasteiger partial charge in [0.25, 0.3) is 6.10 Å². The first-order chi connectivity index (χ1) is 17.2. The van der Waals surface area contributed by atoms with Crippen LogP contribution in [0, 0.1) is 5.92 Å². The Kier molecular flexibility index (Phi) is 9.10. The fourth-order valence-electron chi connectivity index (χ4n) is 4.52. The average Bonchev–Trinajstić information content (AvgIpc) is 2.82. The molecule has 7 nitrogen and oxygen atoms in total. The van der Waals surface area contributed by atoms with E-state index in [9.17, 15) is 35.9 Å². The van der Waals surface area contributed by atoms with Crippen molar-refractivity contribution in [2.24, 2.45) is 5.92 Å². The van der Waals surface area contributed by atoms with Crippen molar-refractivity contribution in [3.8, 4) is 0 Å². The third-order valence-electron chi connectivity index (χ3n) is 6.51. The van der Waals surface area contributed by atoms with E-state index in [0.29, 0.717) is 37.5 Å². The van der Waals surface area contributed by atoms with Gasteiger partial charge in [0, 0.05) is 76.5 Å². The van der Waals surface area contributed by atoms with Crippen LogP contribution in [0.3, 0.4) is 0 Å². The zero-order valence-corrected chi connectivity index (χ0v) is 21.2. The molecular formula is C23H29ClF6N4O3. The Bertz CT molecular complexity index is 945. The molecule has 0 atom stereocenters. The maximum Gasteiger partial charge on any atom is 0.434 e. The summed E-state index contributed by atoms with van der Waals surface area (Å²) in [5, 5.41) is 0.543. The van der Waals surface area contributed by atoms with Crippen molar-refractivity contribution < 1.29 is 40.7 Å². The number of alkyl halides is 6. The average molecular weight is 559 g/mol. The van der Waals surface area contributed by atoms with Gasteiger partial charge in [-0.05, 0) is 30.5 Å². The first-order valence-electron chi connectivity index (χ1n) is 11.7. The predicted octanol–water partition coefficient (Wildman–Crippen LogP) is 4.39. The quantitative estimate of drug-likeness (QED) is 0.502. The number of carbonyl (C=O) groups excluding carboxylic acids is 2. The largest absolute Gasteiger partial charge is 0.434 e. The van der Waals surface area contributed by atoms with Crippen LogP contribution in [0.5, 0.6) is 0 Å². The van der Waals surface area contributed by atoms with Gasteiger partial charge in [-0.3, -0.25) is 9.69 Å². The van der Waals surface area contributed by atoms with Crippen molar-refractivity contribution >= 4 is 29.3 Å². The molecule has 0 aromatic heterocycles. The minimum atomic E-state index is -5.76. The van der Waals surface area contributed by atoms with Gasteiger partial charge in [0.1, 0.15) is 0 Å². The number of hydrogen-bond acceptors (Lipinski definition) is 5. The Morgan fingerprint density at radius 2 is 1.57 bits per heavy atom. The molecule has 208 valence electrons. The standard InChI is InChI=1S/C23H29ClF6N4O3/c1-31(2)19(35)15-5-7-33(8-6-15)18-13-17(24)4-3-16(18)14-32-9-11-34(12-10-32)21(36)37-20(22(25,26)27)23(28,29)30/h3-4,13,15,20H,5-12,14H2,1-2H3. The lowest BCUT2D eigenvalue weighted by Crippen LogP contribution is -2.52. The van der Waals surface area contributed by atoms with Crippen LogP contribution >= 0.6 is 11.6 Å². The van der Waals surface area contributed by atoms with Crippen LogP contribution in [0.4, 0.5) is 36.8 Å². The third kappa shape index (κ3) is 7.56. The lowest BCUT2D eigenvalue weighted by atomic mass is 9.94. The van der Waals surface area contributed by atoms with Gasteiger partial charge in [-0.2, -0.15) is 26.3 Å². The highest BCUT2D eigenvalue weighted by atomic mass is 35.5. The third-order valence-corrected chi connectivity index (χ3v) is 6.75. The highest BCUT2D eigenvalue weighted by Gasteiger charge is 2.60. The van der Waals surface area contributed by atoms with E-state index in [1.54, 1.807) is 25.1 Å². The summed E-state index contributed by atoms with van der Waals surface area (Å²) in [6, 6.07) is 5.45.